The molecule has 5 nitrogen and oxygen atoms in total. The number of hydrogen-bond donors (Lipinski definition) is 1. The van der Waals surface area contributed by atoms with Crippen LogP contribution < -0.4 is 9.46 Å². The molecule has 0 bridgehead atoms. The molecule has 6 heteroatoms. The highest BCUT2D eigenvalue weighted by Crippen LogP contribution is 2.35. The summed E-state index contributed by atoms with van der Waals surface area (Å²) < 4.78 is 39.0. The zero-order valence-electron chi connectivity index (χ0n) is 14.8. The molecule has 2 aromatic carbocycles. The maximum absolute atomic E-state index is 12.6. The third-order valence-electron chi connectivity index (χ3n) is 4.91. The van der Waals surface area contributed by atoms with Crippen molar-refractivity contribution in [3.63, 3.8) is 0 Å². The van der Waals surface area contributed by atoms with Crippen LogP contribution in [0.4, 0.5) is 5.69 Å². The smallest absolute Gasteiger partial charge is 0.261 e. The lowest BCUT2D eigenvalue weighted by atomic mass is 9.88. The Kier molecular flexibility index (Phi) is 4.15. The lowest BCUT2D eigenvalue weighted by Gasteiger charge is -2.16. The maximum atomic E-state index is 12.6. The number of nitrogens with one attached hydrogen (secondary N) is 1. The van der Waals surface area contributed by atoms with Crippen molar-refractivity contribution in [2.75, 3.05) is 11.8 Å². The van der Waals surface area contributed by atoms with Crippen molar-refractivity contribution in [1.29, 1.82) is 0 Å². The molecule has 3 aromatic rings. The zero-order valence-corrected chi connectivity index (χ0v) is 15.6. The predicted molar refractivity (Wildman–Crippen MR) is 101 cm³/mol. The van der Waals surface area contributed by atoms with Crippen LogP contribution in [-0.2, 0) is 22.9 Å². The average Bonchev–Trinajstić information content (AvgIpc) is 2.99. The Balaban J connectivity index is 1.67. The Morgan fingerprint density at radius 3 is 2.65 bits per heavy atom. The number of methoxy groups -OCH3 is 1. The molecule has 1 N–H and O–H groups in total. The SMILES string of the molecule is COc1ccc(S(=O)(=O)Nc2ccc3oc4c(c3c2)C[C@@H](C)CC4)cc1. The van der Waals surface area contributed by atoms with Gasteiger partial charge in [-0.05, 0) is 61.2 Å². The fraction of sp³-hybridized carbons (Fsp3) is 0.300. The molecule has 1 aromatic heterocycles. The summed E-state index contributed by atoms with van der Waals surface area (Å²) in [6.07, 6.45) is 3.04. The van der Waals surface area contributed by atoms with E-state index in [1.165, 1.54) is 17.7 Å². The van der Waals surface area contributed by atoms with Gasteiger partial charge in [0.15, 0.2) is 0 Å². The Morgan fingerprint density at radius 2 is 1.92 bits per heavy atom. The quantitative estimate of drug-likeness (QED) is 0.739. The number of furan rings is 1. The monoisotopic (exact) mass is 371 g/mol. The van der Waals surface area contributed by atoms with Crippen LogP contribution in [0.15, 0.2) is 51.8 Å². The highest BCUT2D eigenvalue weighted by atomic mass is 32.2. The van der Waals surface area contributed by atoms with Crippen molar-refractivity contribution >= 4 is 26.7 Å². The molecular weight excluding hydrogens is 350 g/mol. The van der Waals surface area contributed by atoms with E-state index in [1.807, 2.05) is 12.1 Å². The molecule has 0 saturated heterocycles. The zero-order chi connectivity index (χ0) is 18.3. The molecule has 1 atom stereocenters. The summed E-state index contributed by atoms with van der Waals surface area (Å²) in [4.78, 5) is 0.196. The molecule has 1 aliphatic carbocycles. The molecule has 136 valence electrons. The van der Waals surface area contributed by atoms with Crippen LogP contribution in [-0.4, -0.2) is 15.5 Å². The van der Waals surface area contributed by atoms with E-state index in [2.05, 4.69) is 11.6 Å². The Bertz CT molecular complexity index is 1050. The molecule has 26 heavy (non-hydrogen) atoms. The molecular formula is C20H21NO4S. The molecule has 0 fully saturated rings. The first-order valence-corrected chi connectivity index (χ1v) is 10.2. The second kappa shape index (κ2) is 6.36. The summed E-state index contributed by atoms with van der Waals surface area (Å²) >= 11 is 0. The van der Waals surface area contributed by atoms with Crippen LogP contribution in [0.5, 0.6) is 5.75 Å². The number of rotatable bonds is 4. The normalized spacial score (nSPS) is 17.1. The van der Waals surface area contributed by atoms with Gasteiger partial charge in [-0.2, -0.15) is 0 Å². The number of fused-ring (bicyclic) bond motifs is 3. The Hall–Kier alpha value is -2.47. The van der Waals surface area contributed by atoms with Gasteiger partial charge in [-0.15, -0.1) is 0 Å². The molecule has 0 spiro atoms. The number of ether oxygens (including phenoxy) is 1. The summed E-state index contributed by atoms with van der Waals surface area (Å²) in [5.41, 5.74) is 2.57. The minimum Gasteiger partial charge on any atom is -0.497 e. The van der Waals surface area contributed by atoms with Gasteiger partial charge in [0.25, 0.3) is 10.0 Å². The first-order chi connectivity index (χ1) is 12.5. The van der Waals surface area contributed by atoms with E-state index in [1.54, 1.807) is 25.3 Å². The Morgan fingerprint density at radius 1 is 1.15 bits per heavy atom. The van der Waals surface area contributed by atoms with E-state index in [0.717, 1.165) is 36.0 Å². The molecule has 0 unspecified atom stereocenters. The highest BCUT2D eigenvalue weighted by Gasteiger charge is 2.22. The van der Waals surface area contributed by atoms with Crippen molar-refractivity contribution < 1.29 is 17.6 Å². The van der Waals surface area contributed by atoms with Gasteiger partial charge < -0.3 is 9.15 Å². The lowest BCUT2D eigenvalue weighted by molar-refractivity contribution is 0.414. The van der Waals surface area contributed by atoms with Crippen molar-refractivity contribution in [3.8, 4) is 5.75 Å². The summed E-state index contributed by atoms with van der Waals surface area (Å²) in [6.45, 7) is 2.23. The summed E-state index contributed by atoms with van der Waals surface area (Å²) in [5.74, 6) is 2.26. The van der Waals surface area contributed by atoms with Gasteiger partial charge in [0, 0.05) is 23.1 Å². The van der Waals surface area contributed by atoms with Crippen molar-refractivity contribution in [3.05, 3.63) is 53.8 Å². The van der Waals surface area contributed by atoms with Crippen LogP contribution in [0.3, 0.4) is 0 Å². The standard InChI is InChI=1S/C20H21NO4S/c1-13-3-9-19-17(11-13)18-12-14(4-10-20(18)25-19)21-26(22,23)16-7-5-15(24-2)6-8-16/h4-8,10,12-13,21H,3,9,11H2,1-2H3/t13-/m0/s1. The van der Waals surface area contributed by atoms with Gasteiger partial charge in [-0.3, -0.25) is 4.72 Å². The van der Waals surface area contributed by atoms with E-state index < -0.39 is 10.0 Å². The van der Waals surface area contributed by atoms with E-state index in [0.29, 0.717) is 17.4 Å². The third kappa shape index (κ3) is 3.05. The van der Waals surface area contributed by atoms with Crippen molar-refractivity contribution in [2.24, 2.45) is 5.92 Å². The number of sulfonamides is 1. The number of aryl methyl sites for hydroxylation is 1. The lowest BCUT2D eigenvalue weighted by Crippen LogP contribution is -2.13. The van der Waals surface area contributed by atoms with Crippen molar-refractivity contribution in [1.82, 2.24) is 0 Å². The molecule has 0 aliphatic heterocycles. The van der Waals surface area contributed by atoms with Gasteiger partial charge >= 0.3 is 0 Å². The second-order valence-electron chi connectivity index (χ2n) is 6.84. The van der Waals surface area contributed by atoms with E-state index in [4.69, 9.17) is 9.15 Å². The minimum absolute atomic E-state index is 0.196. The third-order valence-corrected chi connectivity index (χ3v) is 6.31. The topological polar surface area (TPSA) is 68.5 Å². The number of benzene rings is 2. The van der Waals surface area contributed by atoms with Crippen molar-refractivity contribution in [2.45, 2.75) is 31.1 Å². The van der Waals surface area contributed by atoms with Crippen LogP contribution in [0, 0.1) is 5.92 Å². The molecule has 0 radical (unpaired) electrons. The van der Waals surface area contributed by atoms with Gasteiger partial charge in [-0.25, -0.2) is 8.42 Å². The van der Waals surface area contributed by atoms with Gasteiger partial charge in [0.1, 0.15) is 17.1 Å². The van der Waals surface area contributed by atoms with Gasteiger partial charge in [0.05, 0.1) is 12.0 Å². The first-order valence-electron chi connectivity index (χ1n) is 8.67. The molecule has 1 heterocycles. The first kappa shape index (κ1) is 17.0. The van der Waals surface area contributed by atoms with Gasteiger partial charge in [-0.1, -0.05) is 6.92 Å². The predicted octanol–water partition coefficient (Wildman–Crippen LogP) is 4.37. The molecule has 0 amide bonds. The average molecular weight is 371 g/mol. The van der Waals surface area contributed by atoms with Gasteiger partial charge in [0.2, 0.25) is 0 Å². The van der Waals surface area contributed by atoms with E-state index in [9.17, 15) is 8.42 Å². The largest absolute Gasteiger partial charge is 0.497 e. The number of anilines is 1. The fourth-order valence-corrected chi connectivity index (χ4v) is 4.54. The van der Waals surface area contributed by atoms with Crippen LogP contribution in [0.1, 0.15) is 24.7 Å². The fourth-order valence-electron chi connectivity index (χ4n) is 3.49. The van der Waals surface area contributed by atoms with E-state index in [-0.39, 0.29) is 4.90 Å². The van der Waals surface area contributed by atoms with Crippen LogP contribution in [0.25, 0.3) is 11.0 Å². The number of hydrogen-bond acceptors (Lipinski definition) is 4. The molecule has 4 rings (SSSR count). The molecule has 0 saturated carbocycles. The summed E-state index contributed by atoms with van der Waals surface area (Å²) in [6, 6.07) is 11.8. The van der Waals surface area contributed by atoms with E-state index >= 15 is 0 Å². The summed E-state index contributed by atoms with van der Waals surface area (Å²) in [5, 5.41) is 1.00. The minimum atomic E-state index is -3.66. The van der Waals surface area contributed by atoms with Crippen LogP contribution >= 0.6 is 0 Å². The Labute approximate surface area is 153 Å². The maximum Gasteiger partial charge on any atom is 0.261 e. The summed E-state index contributed by atoms with van der Waals surface area (Å²) in [7, 11) is -2.11. The molecule has 1 aliphatic rings. The second-order valence-corrected chi connectivity index (χ2v) is 8.53. The highest BCUT2D eigenvalue weighted by molar-refractivity contribution is 7.92. The van der Waals surface area contributed by atoms with Crippen LogP contribution in [0.2, 0.25) is 0 Å².